The summed E-state index contributed by atoms with van der Waals surface area (Å²) >= 11 is 1.53. The van der Waals surface area contributed by atoms with Crippen molar-refractivity contribution in [2.24, 2.45) is 5.92 Å². The van der Waals surface area contributed by atoms with Crippen LogP contribution in [0.1, 0.15) is 40.3 Å². The van der Waals surface area contributed by atoms with E-state index in [9.17, 15) is 9.59 Å². The lowest BCUT2D eigenvalue weighted by molar-refractivity contribution is -0.126. The van der Waals surface area contributed by atoms with Crippen LogP contribution >= 0.6 is 11.3 Å². The molecule has 0 unspecified atom stereocenters. The Morgan fingerprint density at radius 1 is 1.24 bits per heavy atom. The van der Waals surface area contributed by atoms with Crippen molar-refractivity contribution in [3.05, 3.63) is 40.1 Å². The lowest BCUT2D eigenvalue weighted by atomic mass is 9.95. The van der Waals surface area contributed by atoms with E-state index in [-0.39, 0.29) is 17.7 Å². The molecular formula is C17H21N5O2S. The molecule has 3 heterocycles. The van der Waals surface area contributed by atoms with Crippen molar-refractivity contribution < 1.29 is 9.59 Å². The minimum atomic E-state index is -0.0691. The van der Waals surface area contributed by atoms with E-state index in [0.717, 1.165) is 16.4 Å². The number of hydrogen-bond donors (Lipinski definition) is 1. The highest BCUT2D eigenvalue weighted by Gasteiger charge is 2.28. The topological polar surface area (TPSA) is 88.1 Å². The monoisotopic (exact) mass is 359 g/mol. The highest BCUT2D eigenvalue weighted by Crippen LogP contribution is 2.19. The Kier molecular flexibility index (Phi) is 5.70. The van der Waals surface area contributed by atoms with Crippen LogP contribution < -0.4 is 5.32 Å². The minimum absolute atomic E-state index is 0.0261. The molecule has 1 aliphatic heterocycles. The van der Waals surface area contributed by atoms with Crippen molar-refractivity contribution in [2.75, 3.05) is 13.1 Å². The fourth-order valence-corrected chi connectivity index (χ4v) is 3.53. The number of rotatable bonds is 5. The smallest absolute Gasteiger partial charge is 0.272 e. The summed E-state index contributed by atoms with van der Waals surface area (Å²) in [4.78, 5) is 30.6. The Bertz CT molecular complexity index is 726. The molecule has 2 amide bonds. The minimum Gasteiger partial charge on any atom is -0.349 e. The Hall–Kier alpha value is -2.35. The van der Waals surface area contributed by atoms with Gasteiger partial charge < -0.3 is 10.2 Å². The van der Waals surface area contributed by atoms with Gasteiger partial charge in [-0.3, -0.25) is 14.6 Å². The van der Waals surface area contributed by atoms with E-state index in [1.54, 1.807) is 29.3 Å². The Morgan fingerprint density at radius 3 is 2.64 bits per heavy atom. The maximum atomic E-state index is 12.4. The SMILES string of the molecule is CCc1nnc(CNC(=O)C2CCN(C(=O)c3ccccn3)CC2)s1. The van der Waals surface area contributed by atoms with Crippen LogP contribution in [0.4, 0.5) is 0 Å². The highest BCUT2D eigenvalue weighted by molar-refractivity contribution is 7.11. The standard InChI is InChI=1S/C17H21N5O2S/c1-2-14-20-21-15(25-14)11-19-16(23)12-6-9-22(10-7-12)17(24)13-5-3-4-8-18-13/h3-5,8,12H,2,6-7,9-11H2,1H3,(H,19,23). The zero-order valence-electron chi connectivity index (χ0n) is 14.1. The first kappa shape index (κ1) is 17.5. The summed E-state index contributed by atoms with van der Waals surface area (Å²) in [5.74, 6) is -0.107. The summed E-state index contributed by atoms with van der Waals surface area (Å²) in [6.07, 6.45) is 3.81. The molecular weight excluding hydrogens is 338 g/mol. The van der Waals surface area contributed by atoms with E-state index in [4.69, 9.17) is 0 Å². The lowest BCUT2D eigenvalue weighted by Gasteiger charge is -2.31. The van der Waals surface area contributed by atoms with Gasteiger partial charge >= 0.3 is 0 Å². The van der Waals surface area contributed by atoms with Crippen molar-refractivity contribution in [1.82, 2.24) is 25.4 Å². The van der Waals surface area contributed by atoms with Gasteiger partial charge in [0.25, 0.3) is 5.91 Å². The quantitative estimate of drug-likeness (QED) is 0.877. The van der Waals surface area contributed by atoms with Crippen molar-refractivity contribution in [3.63, 3.8) is 0 Å². The average molecular weight is 359 g/mol. The molecule has 2 aromatic rings. The normalized spacial score (nSPS) is 15.2. The number of nitrogens with one attached hydrogen (secondary N) is 1. The molecule has 0 radical (unpaired) electrons. The molecule has 1 fully saturated rings. The summed E-state index contributed by atoms with van der Waals surface area (Å²) < 4.78 is 0. The summed E-state index contributed by atoms with van der Waals surface area (Å²) in [5.41, 5.74) is 0.452. The molecule has 0 aromatic carbocycles. The molecule has 25 heavy (non-hydrogen) atoms. The second-order valence-electron chi connectivity index (χ2n) is 5.94. The van der Waals surface area contributed by atoms with Gasteiger partial charge in [0.1, 0.15) is 15.7 Å². The number of nitrogens with zero attached hydrogens (tertiary/aromatic N) is 4. The van der Waals surface area contributed by atoms with Crippen LogP contribution in [0.3, 0.4) is 0 Å². The molecule has 2 aromatic heterocycles. The molecule has 7 nitrogen and oxygen atoms in total. The number of likely N-dealkylation sites (tertiary alicyclic amines) is 1. The molecule has 0 bridgehead atoms. The number of carbonyl (C=O) groups excluding carboxylic acids is 2. The van der Waals surface area contributed by atoms with Gasteiger partial charge in [0, 0.05) is 25.2 Å². The summed E-state index contributed by atoms with van der Waals surface area (Å²) in [6.45, 7) is 3.60. The van der Waals surface area contributed by atoms with Gasteiger partial charge in [-0.25, -0.2) is 0 Å². The van der Waals surface area contributed by atoms with E-state index in [2.05, 4.69) is 20.5 Å². The number of carbonyl (C=O) groups is 2. The largest absolute Gasteiger partial charge is 0.349 e. The van der Waals surface area contributed by atoms with Crippen LogP contribution in [0.5, 0.6) is 0 Å². The second-order valence-corrected chi connectivity index (χ2v) is 7.09. The summed E-state index contributed by atoms with van der Waals surface area (Å²) in [7, 11) is 0. The molecule has 132 valence electrons. The molecule has 1 aliphatic rings. The van der Waals surface area contributed by atoms with Gasteiger partial charge in [-0.2, -0.15) is 0 Å². The molecule has 0 atom stereocenters. The predicted octanol–water partition coefficient (Wildman–Crippen LogP) is 1.66. The first-order valence-electron chi connectivity index (χ1n) is 8.46. The number of hydrogen-bond acceptors (Lipinski definition) is 6. The number of aromatic nitrogens is 3. The Labute approximate surface area is 150 Å². The van der Waals surface area contributed by atoms with Crippen LogP contribution in [0.2, 0.25) is 0 Å². The second kappa shape index (κ2) is 8.15. The molecule has 3 rings (SSSR count). The molecule has 0 spiro atoms. The molecule has 1 saturated heterocycles. The third-order valence-electron chi connectivity index (χ3n) is 4.26. The van der Waals surface area contributed by atoms with E-state index >= 15 is 0 Å². The zero-order valence-corrected chi connectivity index (χ0v) is 15.0. The number of aryl methyl sites for hydroxylation is 1. The van der Waals surface area contributed by atoms with Gasteiger partial charge in [-0.15, -0.1) is 10.2 Å². The highest BCUT2D eigenvalue weighted by atomic mass is 32.1. The Morgan fingerprint density at radius 2 is 2.00 bits per heavy atom. The summed E-state index contributed by atoms with van der Waals surface area (Å²) in [6, 6.07) is 5.31. The predicted molar refractivity (Wildman–Crippen MR) is 94.0 cm³/mol. The van der Waals surface area contributed by atoms with Crippen LogP contribution in [0.15, 0.2) is 24.4 Å². The maximum Gasteiger partial charge on any atom is 0.272 e. The molecule has 1 N–H and O–H groups in total. The maximum absolute atomic E-state index is 12.4. The molecule has 0 aliphatic carbocycles. The number of piperidine rings is 1. The van der Waals surface area contributed by atoms with E-state index in [0.29, 0.717) is 38.2 Å². The molecule has 0 saturated carbocycles. The first-order valence-corrected chi connectivity index (χ1v) is 9.28. The van der Waals surface area contributed by atoms with Crippen LogP contribution in [-0.2, 0) is 17.8 Å². The fourth-order valence-electron chi connectivity index (χ4n) is 2.81. The van der Waals surface area contributed by atoms with Gasteiger partial charge in [0.15, 0.2) is 0 Å². The van der Waals surface area contributed by atoms with Crippen LogP contribution in [-0.4, -0.2) is 45.0 Å². The van der Waals surface area contributed by atoms with Crippen molar-refractivity contribution in [2.45, 2.75) is 32.7 Å². The van der Waals surface area contributed by atoms with Crippen LogP contribution in [0.25, 0.3) is 0 Å². The van der Waals surface area contributed by atoms with Crippen molar-refractivity contribution in [3.8, 4) is 0 Å². The number of amides is 2. The van der Waals surface area contributed by atoms with Gasteiger partial charge in [0.2, 0.25) is 5.91 Å². The average Bonchev–Trinajstić information content (AvgIpc) is 3.14. The Balaban J connectivity index is 1.46. The van der Waals surface area contributed by atoms with Gasteiger partial charge in [-0.1, -0.05) is 24.3 Å². The lowest BCUT2D eigenvalue weighted by Crippen LogP contribution is -2.43. The third-order valence-corrected chi connectivity index (χ3v) is 5.33. The van der Waals surface area contributed by atoms with Crippen LogP contribution in [0, 0.1) is 5.92 Å². The van der Waals surface area contributed by atoms with Crippen molar-refractivity contribution >= 4 is 23.2 Å². The van der Waals surface area contributed by atoms with E-state index < -0.39 is 0 Å². The summed E-state index contributed by atoms with van der Waals surface area (Å²) in [5, 5.41) is 12.9. The zero-order chi connectivity index (χ0) is 17.6. The third kappa shape index (κ3) is 4.39. The molecule has 8 heteroatoms. The fraction of sp³-hybridized carbons (Fsp3) is 0.471. The number of pyridine rings is 1. The van der Waals surface area contributed by atoms with E-state index in [1.807, 2.05) is 6.92 Å². The first-order chi connectivity index (χ1) is 12.2. The van der Waals surface area contributed by atoms with Crippen molar-refractivity contribution in [1.29, 1.82) is 0 Å². The van der Waals surface area contributed by atoms with Gasteiger partial charge in [-0.05, 0) is 31.4 Å². The van der Waals surface area contributed by atoms with Gasteiger partial charge in [0.05, 0.1) is 6.54 Å². The van der Waals surface area contributed by atoms with E-state index in [1.165, 1.54) is 11.3 Å².